The molecule has 4 rings (SSSR count). The number of carbonyl (C=O) groups excluding carboxylic acids is 1. The predicted molar refractivity (Wildman–Crippen MR) is 111 cm³/mol. The number of hydrogen-bond donors (Lipinski definition) is 2. The van der Waals surface area contributed by atoms with E-state index in [0.717, 1.165) is 12.3 Å². The van der Waals surface area contributed by atoms with Crippen molar-refractivity contribution >= 4 is 23.4 Å². The summed E-state index contributed by atoms with van der Waals surface area (Å²) in [5.41, 5.74) is 1.20. The summed E-state index contributed by atoms with van der Waals surface area (Å²) in [4.78, 5) is 26.0. The molecule has 3 aromatic heterocycles. The third-order valence-electron chi connectivity index (χ3n) is 5.09. The lowest BCUT2D eigenvalue weighted by atomic mass is 10.2. The molecular weight excluding hydrogens is 425 g/mol. The highest BCUT2D eigenvalue weighted by molar-refractivity contribution is 6.03. The fourth-order valence-corrected chi connectivity index (χ4v) is 3.17. The number of anilines is 3. The zero-order valence-electron chi connectivity index (χ0n) is 18.5. The van der Waals surface area contributed by atoms with Crippen LogP contribution in [0.1, 0.15) is 30.8 Å². The van der Waals surface area contributed by atoms with Crippen LogP contribution in [0, 0.1) is 6.92 Å². The van der Waals surface area contributed by atoms with E-state index in [1.165, 1.54) is 16.9 Å². The van der Waals surface area contributed by atoms with Crippen molar-refractivity contribution in [2.24, 2.45) is 0 Å². The van der Waals surface area contributed by atoms with E-state index >= 15 is 0 Å². The van der Waals surface area contributed by atoms with E-state index in [-0.39, 0.29) is 18.4 Å². The van der Waals surface area contributed by atoms with Crippen molar-refractivity contribution < 1.29 is 19.3 Å². The van der Waals surface area contributed by atoms with E-state index in [1.54, 1.807) is 32.0 Å². The SMILES string of the molecule is [2H]C(Nc1nc(C)c2c(n1)N(C)[C@@H](C)C(=O)N2)c1cnn(Cc2ccc(C(F)(F)F)nc2)c1. The zero-order chi connectivity index (χ0) is 23.9. The predicted octanol–water partition coefficient (Wildman–Crippen LogP) is 2.83. The van der Waals surface area contributed by atoms with E-state index in [4.69, 9.17) is 1.37 Å². The maximum atomic E-state index is 12.7. The molecule has 1 aliphatic heterocycles. The molecule has 12 heteroatoms. The molecule has 1 unspecified atom stereocenters. The number of pyridine rings is 1. The van der Waals surface area contributed by atoms with Gasteiger partial charge in [-0.05, 0) is 25.5 Å². The monoisotopic (exact) mass is 447 g/mol. The van der Waals surface area contributed by atoms with Gasteiger partial charge in [0, 0.05) is 31.5 Å². The largest absolute Gasteiger partial charge is 0.433 e. The lowest BCUT2D eigenvalue weighted by Crippen LogP contribution is -2.44. The Labute approximate surface area is 183 Å². The molecule has 32 heavy (non-hydrogen) atoms. The van der Waals surface area contributed by atoms with Crippen molar-refractivity contribution in [3.05, 3.63) is 53.2 Å². The molecule has 9 nitrogen and oxygen atoms in total. The number of amides is 1. The topological polar surface area (TPSA) is 101 Å². The minimum atomic E-state index is -4.49. The third-order valence-corrected chi connectivity index (χ3v) is 5.09. The van der Waals surface area contributed by atoms with Crippen LogP contribution in [0.25, 0.3) is 0 Å². The molecule has 0 radical (unpaired) electrons. The number of nitrogens with zero attached hydrogens (tertiary/aromatic N) is 6. The summed E-state index contributed by atoms with van der Waals surface area (Å²) in [6.45, 7) is 2.76. The van der Waals surface area contributed by atoms with Crippen LogP contribution in [-0.4, -0.2) is 43.7 Å². The Morgan fingerprint density at radius 2 is 2.03 bits per heavy atom. The standard InChI is InChI=1S/C20H21F3N8O/c1-11-16-17(30(3)12(2)18(32)28-16)29-19(27-11)25-7-14-8-26-31(10-14)9-13-4-5-15(24-6-13)20(21,22)23/h4-6,8,10,12H,7,9H2,1-3H3,(H,28,32)(H,25,27,29)/t12-/m0/s1/i7D/t7?,12-. The van der Waals surface area contributed by atoms with Crippen molar-refractivity contribution in [3.63, 3.8) is 0 Å². The first kappa shape index (κ1) is 20.2. The molecule has 0 bridgehead atoms. The summed E-state index contributed by atoms with van der Waals surface area (Å²) < 4.78 is 47.9. The number of nitrogens with one attached hydrogen (secondary N) is 2. The lowest BCUT2D eigenvalue weighted by molar-refractivity contribution is -0.141. The van der Waals surface area contributed by atoms with Crippen molar-refractivity contribution in [2.75, 3.05) is 22.6 Å². The van der Waals surface area contributed by atoms with E-state index < -0.39 is 24.4 Å². The minimum absolute atomic E-state index is 0.147. The van der Waals surface area contributed by atoms with Crippen LogP contribution in [0.4, 0.5) is 30.6 Å². The first-order chi connectivity index (χ1) is 15.5. The number of likely N-dealkylation sites (N-methyl/N-ethyl adjacent to an activating group) is 1. The number of carbonyl (C=O) groups is 1. The second kappa shape index (κ2) is 8.09. The highest BCUT2D eigenvalue weighted by Crippen LogP contribution is 2.32. The molecule has 0 spiro atoms. The molecule has 0 saturated heterocycles. The molecule has 2 atom stereocenters. The minimum Gasteiger partial charge on any atom is -0.350 e. The Bertz CT molecular complexity index is 1180. The van der Waals surface area contributed by atoms with Gasteiger partial charge in [0.2, 0.25) is 11.9 Å². The van der Waals surface area contributed by atoms with Gasteiger partial charge in [-0.1, -0.05) is 6.07 Å². The van der Waals surface area contributed by atoms with Crippen LogP contribution in [0.2, 0.25) is 0 Å². The summed E-state index contributed by atoms with van der Waals surface area (Å²) in [5, 5.41) is 9.88. The molecule has 168 valence electrons. The number of fused-ring (bicyclic) bond motifs is 1. The third kappa shape index (κ3) is 4.34. The van der Waals surface area contributed by atoms with Gasteiger partial charge in [0.05, 0.1) is 19.8 Å². The number of aromatic nitrogens is 5. The van der Waals surface area contributed by atoms with Crippen molar-refractivity contribution in [2.45, 2.75) is 39.1 Å². The Morgan fingerprint density at radius 3 is 2.72 bits per heavy atom. The average Bonchev–Trinajstić information content (AvgIpc) is 3.21. The number of hydrogen-bond acceptors (Lipinski definition) is 7. The van der Waals surface area contributed by atoms with Crippen LogP contribution in [0.3, 0.4) is 0 Å². The zero-order valence-corrected chi connectivity index (χ0v) is 17.5. The maximum Gasteiger partial charge on any atom is 0.433 e. The van der Waals surface area contributed by atoms with Crippen LogP contribution in [0.5, 0.6) is 0 Å². The molecule has 1 aliphatic rings. The molecule has 4 heterocycles. The summed E-state index contributed by atoms with van der Waals surface area (Å²) in [6, 6.07) is 1.86. The van der Waals surface area contributed by atoms with E-state index in [2.05, 4.69) is 30.7 Å². The van der Waals surface area contributed by atoms with Gasteiger partial charge in [-0.25, -0.2) is 4.98 Å². The summed E-state index contributed by atoms with van der Waals surface area (Å²) in [5.74, 6) is 0.627. The Kier molecular flexibility index (Phi) is 5.11. The molecule has 1 amide bonds. The second-order valence-corrected chi connectivity index (χ2v) is 7.42. The molecule has 0 saturated carbocycles. The summed E-state index contributed by atoms with van der Waals surface area (Å²) in [7, 11) is 1.76. The smallest absolute Gasteiger partial charge is 0.350 e. The van der Waals surface area contributed by atoms with Crippen molar-refractivity contribution in [1.82, 2.24) is 24.7 Å². The van der Waals surface area contributed by atoms with Gasteiger partial charge in [0.1, 0.15) is 17.4 Å². The normalized spacial score (nSPS) is 17.4. The number of rotatable bonds is 5. The molecule has 0 aromatic carbocycles. The summed E-state index contributed by atoms with van der Waals surface area (Å²) in [6.07, 6.45) is -0.235. The first-order valence-corrected chi connectivity index (χ1v) is 9.68. The van der Waals surface area contributed by atoms with E-state index in [9.17, 15) is 18.0 Å². The Morgan fingerprint density at radius 1 is 1.25 bits per heavy atom. The first-order valence-electron chi connectivity index (χ1n) is 10.3. The molecule has 3 aromatic rings. The van der Waals surface area contributed by atoms with Gasteiger partial charge in [-0.15, -0.1) is 0 Å². The number of aryl methyl sites for hydroxylation is 1. The number of alkyl halides is 3. The van der Waals surface area contributed by atoms with Crippen molar-refractivity contribution in [1.29, 1.82) is 0 Å². The molecule has 0 aliphatic carbocycles. The molecular formula is C20H21F3N8O. The Balaban J connectivity index is 1.47. The Hall–Kier alpha value is -3.70. The van der Waals surface area contributed by atoms with Crippen molar-refractivity contribution in [3.8, 4) is 0 Å². The van der Waals surface area contributed by atoms with E-state index in [1.807, 2.05) is 0 Å². The van der Waals surface area contributed by atoms with Gasteiger partial charge in [0.15, 0.2) is 5.82 Å². The van der Waals surface area contributed by atoms with Crippen LogP contribution >= 0.6 is 0 Å². The van der Waals surface area contributed by atoms with Crippen LogP contribution < -0.4 is 15.5 Å². The van der Waals surface area contributed by atoms with E-state index in [0.29, 0.717) is 28.3 Å². The molecule has 0 fully saturated rings. The fraction of sp³-hybridized carbons (Fsp3) is 0.350. The average molecular weight is 447 g/mol. The van der Waals surface area contributed by atoms with Crippen LogP contribution in [-0.2, 0) is 24.0 Å². The maximum absolute atomic E-state index is 12.7. The van der Waals surface area contributed by atoms with Gasteiger partial charge >= 0.3 is 6.18 Å². The van der Waals surface area contributed by atoms with Crippen LogP contribution in [0.15, 0.2) is 30.7 Å². The fourth-order valence-electron chi connectivity index (χ4n) is 3.17. The quantitative estimate of drug-likeness (QED) is 0.620. The van der Waals surface area contributed by atoms with Gasteiger partial charge in [0.25, 0.3) is 0 Å². The van der Waals surface area contributed by atoms with Gasteiger partial charge in [-0.3, -0.25) is 14.5 Å². The second-order valence-electron chi connectivity index (χ2n) is 7.42. The molecule has 2 N–H and O–H groups in total. The number of halogens is 3. The highest BCUT2D eigenvalue weighted by atomic mass is 19.4. The van der Waals surface area contributed by atoms with Gasteiger partial charge < -0.3 is 15.5 Å². The highest BCUT2D eigenvalue weighted by Gasteiger charge is 2.32. The summed E-state index contributed by atoms with van der Waals surface area (Å²) >= 11 is 0. The van der Waals surface area contributed by atoms with Gasteiger partial charge in [-0.2, -0.15) is 23.3 Å². The lowest BCUT2D eigenvalue weighted by Gasteiger charge is -2.32.